The molecule has 6 rings (SSSR count). The standard InChI is InChI=1S/C20H25N7O9P2S2/c21-20-25-17-16(18(28)26-20)24-9-27(17)19-14-5-12(34-19)7-32-38(30,40)35-13-4-11(33-15-1-2-22-8-23-15)3-10(13)6-31-37(29,39)36-14/h1-2,8-14,19H,3-7H2,(H,29,39)(H,30,40)(H3,21,25,26,28)/t10-,11-,12+,13+,14-,19-,37+,38-/m1/s1. The second kappa shape index (κ2) is 11.0. The lowest BCUT2D eigenvalue weighted by Gasteiger charge is -2.26. The van der Waals surface area contributed by atoms with Crippen molar-refractivity contribution < 1.29 is 36.7 Å². The molecule has 5 heterocycles. The zero-order valence-corrected chi connectivity index (χ0v) is 24.2. The van der Waals surface area contributed by atoms with Gasteiger partial charge in [0.1, 0.15) is 18.5 Å². The maximum atomic E-state index is 13.4. The number of aromatic amines is 1. The van der Waals surface area contributed by atoms with Gasteiger partial charge in [0.05, 0.1) is 31.7 Å². The highest BCUT2D eigenvalue weighted by atomic mass is 32.7. The Kier molecular flexibility index (Phi) is 7.74. The molecule has 0 radical (unpaired) electrons. The Morgan fingerprint density at radius 2 is 1.85 bits per heavy atom. The molecule has 0 amide bonds. The van der Waals surface area contributed by atoms with Gasteiger partial charge >= 0.3 is 13.6 Å². The van der Waals surface area contributed by atoms with Crippen LogP contribution in [0.5, 0.6) is 5.88 Å². The van der Waals surface area contributed by atoms with E-state index < -0.39 is 49.6 Å². The summed E-state index contributed by atoms with van der Waals surface area (Å²) < 4.78 is 63.0. The Bertz CT molecular complexity index is 1550. The predicted octanol–water partition coefficient (Wildman–Crippen LogP) is 2.53. The number of rotatable bonds is 3. The number of thiol groups is 2. The number of nitrogens with one attached hydrogen (secondary N) is 1. The molecule has 216 valence electrons. The molecular weight excluding hydrogens is 608 g/mol. The molecule has 3 fully saturated rings. The molecule has 0 spiro atoms. The van der Waals surface area contributed by atoms with E-state index in [-0.39, 0.29) is 42.9 Å². The summed E-state index contributed by atoms with van der Waals surface area (Å²) in [7, 11) is 0. The summed E-state index contributed by atoms with van der Waals surface area (Å²) in [5, 5.41) is 0. The first kappa shape index (κ1) is 28.1. The van der Waals surface area contributed by atoms with Crippen LogP contribution in [0.15, 0.2) is 29.7 Å². The molecule has 0 aromatic carbocycles. The van der Waals surface area contributed by atoms with Crippen LogP contribution >= 0.6 is 38.1 Å². The third-order valence-corrected chi connectivity index (χ3v) is 9.99. The van der Waals surface area contributed by atoms with Gasteiger partial charge in [-0.15, -0.1) is 0 Å². The Hall–Kier alpha value is -2.01. The van der Waals surface area contributed by atoms with Gasteiger partial charge in [-0.25, -0.2) is 24.1 Å². The van der Waals surface area contributed by atoms with Crippen LogP contribution in [-0.2, 0) is 32.0 Å². The van der Waals surface area contributed by atoms with Crippen molar-refractivity contribution in [3.63, 3.8) is 0 Å². The zero-order valence-electron chi connectivity index (χ0n) is 20.6. The molecule has 3 N–H and O–H groups in total. The fourth-order valence-electron chi connectivity index (χ4n) is 5.02. The molecule has 8 atom stereocenters. The molecule has 2 saturated heterocycles. The first-order valence-corrected chi connectivity index (χ1v) is 17.6. The number of fused-ring (bicyclic) bond motifs is 4. The zero-order chi connectivity index (χ0) is 28.1. The topological polar surface area (TPSA) is 205 Å². The lowest BCUT2D eigenvalue weighted by Crippen LogP contribution is -2.24. The van der Waals surface area contributed by atoms with E-state index in [0.29, 0.717) is 18.7 Å². The van der Waals surface area contributed by atoms with Crippen molar-refractivity contribution in [1.29, 1.82) is 0 Å². The van der Waals surface area contributed by atoms with Gasteiger partial charge in [-0.1, -0.05) is 24.5 Å². The summed E-state index contributed by atoms with van der Waals surface area (Å²) in [5.41, 5.74) is 5.34. The summed E-state index contributed by atoms with van der Waals surface area (Å²) in [5.74, 6) is -0.157. The summed E-state index contributed by atoms with van der Waals surface area (Å²) >= 11 is 8.37. The summed E-state index contributed by atoms with van der Waals surface area (Å²) in [4.78, 5) is 30.8. The molecule has 16 nitrogen and oxygen atoms in total. The Labute approximate surface area is 237 Å². The third-order valence-electron chi connectivity index (χ3n) is 6.71. The fraction of sp³-hybridized carbons (Fsp3) is 0.550. The van der Waals surface area contributed by atoms with Crippen molar-refractivity contribution in [1.82, 2.24) is 29.5 Å². The number of anilines is 1. The van der Waals surface area contributed by atoms with E-state index in [1.54, 1.807) is 12.3 Å². The smallest absolute Gasteiger partial charge is 0.386 e. The first-order valence-electron chi connectivity index (χ1n) is 12.2. The van der Waals surface area contributed by atoms with Gasteiger partial charge in [0.25, 0.3) is 5.56 Å². The summed E-state index contributed by atoms with van der Waals surface area (Å²) in [6.07, 6.45) is 1.55. The molecule has 3 aromatic rings. The van der Waals surface area contributed by atoms with Crippen LogP contribution in [0.1, 0.15) is 25.5 Å². The number of nitrogens with zero attached hydrogens (tertiary/aromatic N) is 5. The van der Waals surface area contributed by atoms with Crippen molar-refractivity contribution in [2.45, 2.75) is 49.9 Å². The van der Waals surface area contributed by atoms with Gasteiger partial charge in [0.15, 0.2) is 17.4 Å². The molecule has 0 unspecified atom stereocenters. The van der Waals surface area contributed by atoms with Gasteiger partial charge in [0.2, 0.25) is 11.8 Å². The number of imidazole rings is 1. The second-order valence-corrected chi connectivity index (χ2v) is 15.2. The van der Waals surface area contributed by atoms with Crippen LogP contribution in [0.2, 0.25) is 0 Å². The van der Waals surface area contributed by atoms with Crippen molar-refractivity contribution in [2.24, 2.45) is 5.92 Å². The van der Waals surface area contributed by atoms with E-state index in [1.807, 2.05) is 0 Å². The molecule has 40 heavy (non-hydrogen) atoms. The van der Waals surface area contributed by atoms with E-state index in [2.05, 4.69) is 49.4 Å². The number of hydrogen-bond donors (Lipinski definition) is 4. The van der Waals surface area contributed by atoms with Crippen LogP contribution in [0.25, 0.3) is 11.2 Å². The molecule has 1 saturated carbocycles. The van der Waals surface area contributed by atoms with Crippen molar-refractivity contribution in [2.75, 3.05) is 18.9 Å². The first-order chi connectivity index (χ1) is 19.1. The normalized spacial score (nSPS) is 36.9. The Morgan fingerprint density at radius 3 is 2.62 bits per heavy atom. The molecule has 1 aliphatic carbocycles. The van der Waals surface area contributed by atoms with Gasteiger partial charge in [-0.3, -0.25) is 27.9 Å². The number of H-pyrrole nitrogens is 1. The van der Waals surface area contributed by atoms with Crippen molar-refractivity contribution in [3.8, 4) is 5.88 Å². The van der Waals surface area contributed by atoms with E-state index in [0.717, 1.165) is 0 Å². The maximum Gasteiger partial charge on any atom is 0.386 e. The molecule has 3 aromatic heterocycles. The number of ether oxygens (including phenoxy) is 2. The minimum absolute atomic E-state index is 0.0234. The van der Waals surface area contributed by atoms with Crippen LogP contribution in [0.3, 0.4) is 0 Å². The van der Waals surface area contributed by atoms with Gasteiger partial charge in [-0.2, -0.15) is 4.98 Å². The second-order valence-electron chi connectivity index (χ2n) is 9.49. The average Bonchev–Trinajstić information content (AvgIpc) is 3.58. The van der Waals surface area contributed by atoms with Crippen molar-refractivity contribution >= 4 is 55.2 Å². The van der Waals surface area contributed by atoms with E-state index in [4.69, 9.17) is 33.3 Å². The molecule has 2 bridgehead atoms. The number of nitrogen functional groups attached to an aromatic ring is 1. The SMILES string of the molecule is Nc1nc2c(ncn2[C@@H]2O[C@@H]3CO[P@@](=O)(S)O[C@H]4C[C@H](Oc5ccncn5)C[C@@H]4CO[P@](=O)(S)O[C@@H]2C3)c(=O)[nH]1. The number of nitrogens with two attached hydrogens (primary N) is 1. The largest absolute Gasteiger partial charge is 0.474 e. The van der Waals surface area contributed by atoms with Crippen LogP contribution in [0, 0.1) is 5.92 Å². The molecule has 20 heteroatoms. The highest BCUT2D eigenvalue weighted by Gasteiger charge is 2.46. The lowest BCUT2D eigenvalue weighted by molar-refractivity contribution is -0.0456. The summed E-state index contributed by atoms with van der Waals surface area (Å²) in [6, 6.07) is 1.61. The van der Waals surface area contributed by atoms with Gasteiger partial charge in [0, 0.05) is 31.0 Å². The van der Waals surface area contributed by atoms with E-state index in [9.17, 15) is 13.9 Å². The summed E-state index contributed by atoms with van der Waals surface area (Å²) in [6.45, 7) is -8.13. The Balaban J connectivity index is 1.25. The van der Waals surface area contributed by atoms with Gasteiger partial charge < -0.3 is 19.7 Å². The van der Waals surface area contributed by atoms with E-state index in [1.165, 1.54) is 17.2 Å². The maximum absolute atomic E-state index is 13.4. The monoisotopic (exact) mass is 633 g/mol. The fourth-order valence-corrected chi connectivity index (χ4v) is 8.14. The minimum atomic E-state index is -3.96. The Morgan fingerprint density at radius 1 is 1.07 bits per heavy atom. The number of hydrogen-bond acceptors (Lipinski definition) is 14. The quantitative estimate of drug-likeness (QED) is 0.242. The van der Waals surface area contributed by atoms with Crippen LogP contribution < -0.4 is 16.0 Å². The lowest BCUT2D eigenvalue weighted by atomic mass is 10.1. The van der Waals surface area contributed by atoms with E-state index >= 15 is 0 Å². The third kappa shape index (κ3) is 6.10. The minimum Gasteiger partial charge on any atom is -0.474 e. The van der Waals surface area contributed by atoms with Crippen LogP contribution in [-0.4, -0.2) is 67.1 Å². The highest BCUT2D eigenvalue weighted by Crippen LogP contribution is 2.60. The van der Waals surface area contributed by atoms with Crippen molar-refractivity contribution in [3.05, 3.63) is 35.3 Å². The predicted molar refractivity (Wildman–Crippen MR) is 145 cm³/mol. The number of aromatic nitrogens is 6. The van der Waals surface area contributed by atoms with Crippen LogP contribution in [0.4, 0.5) is 5.95 Å². The van der Waals surface area contributed by atoms with Gasteiger partial charge in [-0.05, 0) is 6.42 Å². The average molecular weight is 634 g/mol. The molecular formula is C20H25N7O9P2S2. The molecule has 3 aliphatic rings. The molecule has 2 aliphatic heterocycles. The highest BCUT2D eigenvalue weighted by molar-refractivity contribution is 8.44.